The van der Waals surface area contributed by atoms with Gasteiger partial charge < -0.3 is 10.2 Å². The van der Waals surface area contributed by atoms with Crippen LogP contribution in [0.5, 0.6) is 0 Å². The van der Waals surface area contributed by atoms with Gasteiger partial charge in [-0.15, -0.1) is 0 Å². The van der Waals surface area contributed by atoms with Crippen molar-refractivity contribution in [3.05, 3.63) is 64.7 Å². The number of anilines is 1. The smallest absolute Gasteiger partial charge is 0.227 e. The molecule has 1 saturated heterocycles. The minimum atomic E-state index is 0.167. The molecule has 2 aromatic rings. The minimum Gasteiger partial charge on any atom is -0.326 e. The molecule has 0 spiro atoms. The van der Waals surface area contributed by atoms with Crippen LogP contribution in [-0.2, 0) is 4.79 Å². The Labute approximate surface area is 190 Å². The molecule has 0 unspecified atom stereocenters. The van der Waals surface area contributed by atoms with Crippen LogP contribution in [0.3, 0.4) is 0 Å². The van der Waals surface area contributed by atoms with E-state index in [0.717, 1.165) is 63.8 Å². The van der Waals surface area contributed by atoms with Crippen LogP contribution >= 0.6 is 11.6 Å². The zero-order chi connectivity index (χ0) is 21.6. The van der Waals surface area contributed by atoms with Crippen LogP contribution in [0.4, 0.5) is 5.69 Å². The largest absolute Gasteiger partial charge is 0.326 e. The molecule has 0 aromatic heterocycles. The Bertz CT molecular complexity index is 917. The Balaban J connectivity index is 1.17. The van der Waals surface area contributed by atoms with Crippen LogP contribution in [0, 0.1) is 5.92 Å². The number of carbonyl (C=O) groups excluding carboxylic acids is 2. The van der Waals surface area contributed by atoms with E-state index in [0.29, 0.717) is 22.9 Å². The van der Waals surface area contributed by atoms with Crippen molar-refractivity contribution in [2.45, 2.75) is 50.9 Å². The van der Waals surface area contributed by atoms with E-state index in [9.17, 15) is 9.59 Å². The van der Waals surface area contributed by atoms with E-state index in [1.807, 2.05) is 18.2 Å². The zero-order valence-corrected chi connectivity index (χ0v) is 18.7. The topological polar surface area (TPSA) is 49.4 Å². The van der Waals surface area contributed by atoms with Crippen molar-refractivity contribution < 1.29 is 9.59 Å². The molecule has 4 nitrogen and oxygen atoms in total. The predicted molar refractivity (Wildman–Crippen MR) is 126 cm³/mol. The molecule has 4 rings (SSSR count). The SMILES string of the molecule is O=C(CCCCN1CCC(c2cccc(NC(=O)C3CC3)c2)CC1)c1cccc(Cl)c1. The summed E-state index contributed by atoms with van der Waals surface area (Å²) in [4.78, 5) is 26.8. The molecule has 164 valence electrons. The summed E-state index contributed by atoms with van der Waals surface area (Å²) in [6.07, 6.45) is 6.87. The Morgan fingerprint density at radius 3 is 2.48 bits per heavy atom. The molecule has 1 aliphatic heterocycles. The van der Waals surface area contributed by atoms with Crippen LogP contribution in [0.15, 0.2) is 48.5 Å². The van der Waals surface area contributed by atoms with Gasteiger partial charge in [0.15, 0.2) is 5.78 Å². The lowest BCUT2D eigenvalue weighted by molar-refractivity contribution is -0.117. The summed E-state index contributed by atoms with van der Waals surface area (Å²) in [5.41, 5.74) is 2.98. The number of piperidine rings is 1. The fourth-order valence-corrected chi connectivity index (χ4v) is 4.57. The average Bonchev–Trinajstić information content (AvgIpc) is 3.63. The molecule has 31 heavy (non-hydrogen) atoms. The van der Waals surface area contributed by atoms with Gasteiger partial charge in [-0.05, 0) is 93.9 Å². The summed E-state index contributed by atoms with van der Waals surface area (Å²) in [6, 6.07) is 15.6. The summed E-state index contributed by atoms with van der Waals surface area (Å²) in [7, 11) is 0. The number of rotatable bonds is 9. The van der Waals surface area contributed by atoms with Crippen LogP contribution in [0.25, 0.3) is 0 Å². The Morgan fingerprint density at radius 1 is 0.968 bits per heavy atom. The van der Waals surface area contributed by atoms with E-state index < -0.39 is 0 Å². The summed E-state index contributed by atoms with van der Waals surface area (Å²) in [5.74, 6) is 1.13. The van der Waals surface area contributed by atoms with Crippen molar-refractivity contribution in [2.75, 3.05) is 25.0 Å². The number of hydrogen-bond donors (Lipinski definition) is 1. The monoisotopic (exact) mass is 438 g/mol. The van der Waals surface area contributed by atoms with E-state index in [4.69, 9.17) is 11.6 Å². The van der Waals surface area contributed by atoms with Gasteiger partial charge in [-0.25, -0.2) is 0 Å². The third-order valence-electron chi connectivity index (χ3n) is 6.44. The summed E-state index contributed by atoms with van der Waals surface area (Å²) < 4.78 is 0. The fraction of sp³-hybridized carbons (Fsp3) is 0.462. The van der Waals surface area contributed by atoms with Gasteiger partial charge in [-0.1, -0.05) is 35.9 Å². The average molecular weight is 439 g/mol. The van der Waals surface area contributed by atoms with E-state index >= 15 is 0 Å². The first-order valence-corrected chi connectivity index (χ1v) is 11.9. The Kier molecular flexibility index (Phi) is 7.41. The van der Waals surface area contributed by atoms with Crippen LogP contribution < -0.4 is 5.32 Å². The number of benzene rings is 2. The minimum absolute atomic E-state index is 0.167. The number of amides is 1. The predicted octanol–water partition coefficient (Wildman–Crippen LogP) is 5.92. The lowest BCUT2D eigenvalue weighted by Crippen LogP contribution is -2.33. The molecule has 5 heteroatoms. The molecule has 0 atom stereocenters. The summed E-state index contributed by atoms with van der Waals surface area (Å²) >= 11 is 5.98. The van der Waals surface area contributed by atoms with Gasteiger partial charge in [0.05, 0.1) is 0 Å². The van der Waals surface area contributed by atoms with Crippen LogP contribution in [0.2, 0.25) is 5.02 Å². The van der Waals surface area contributed by atoms with Crippen molar-refractivity contribution >= 4 is 29.0 Å². The first-order valence-electron chi connectivity index (χ1n) is 11.5. The van der Waals surface area contributed by atoms with Gasteiger partial charge in [0.2, 0.25) is 5.91 Å². The maximum Gasteiger partial charge on any atom is 0.227 e. The Hall–Kier alpha value is -2.17. The van der Waals surface area contributed by atoms with Crippen molar-refractivity contribution in [1.29, 1.82) is 0 Å². The quantitative estimate of drug-likeness (QED) is 0.390. The lowest BCUT2D eigenvalue weighted by Gasteiger charge is -2.32. The molecule has 1 heterocycles. The number of unbranched alkanes of at least 4 members (excludes halogenated alkanes) is 1. The van der Waals surface area contributed by atoms with Gasteiger partial charge in [-0.2, -0.15) is 0 Å². The maximum absolute atomic E-state index is 12.3. The van der Waals surface area contributed by atoms with Gasteiger partial charge in [0.1, 0.15) is 0 Å². The molecular formula is C26H31ClN2O2. The highest BCUT2D eigenvalue weighted by molar-refractivity contribution is 6.31. The van der Waals surface area contributed by atoms with E-state index in [1.54, 1.807) is 12.1 Å². The standard InChI is InChI=1S/C26H31ClN2O2/c27-23-7-3-6-22(17-23)25(30)9-1-2-14-29-15-12-19(13-16-29)21-5-4-8-24(18-21)28-26(31)20-10-11-20/h3-8,17-20H,1-2,9-16H2,(H,28,31). The maximum atomic E-state index is 12.3. The number of hydrogen-bond acceptors (Lipinski definition) is 3. The molecule has 0 bridgehead atoms. The van der Waals surface area contributed by atoms with E-state index in [2.05, 4.69) is 28.4 Å². The third-order valence-corrected chi connectivity index (χ3v) is 6.67. The number of nitrogens with zero attached hydrogens (tertiary/aromatic N) is 1. The second-order valence-electron chi connectivity index (χ2n) is 8.90. The number of carbonyl (C=O) groups is 2. The van der Waals surface area contributed by atoms with Crippen molar-refractivity contribution in [2.24, 2.45) is 5.92 Å². The number of nitrogens with one attached hydrogen (secondary N) is 1. The normalized spacial score (nSPS) is 17.5. The van der Waals surface area contributed by atoms with Crippen LogP contribution in [-0.4, -0.2) is 36.2 Å². The van der Waals surface area contributed by atoms with Crippen molar-refractivity contribution in [3.63, 3.8) is 0 Å². The highest BCUT2D eigenvalue weighted by atomic mass is 35.5. The van der Waals surface area contributed by atoms with Gasteiger partial charge in [0.25, 0.3) is 0 Å². The molecule has 1 N–H and O–H groups in total. The summed E-state index contributed by atoms with van der Waals surface area (Å²) in [6.45, 7) is 3.23. The fourth-order valence-electron chi connectivity index (χ4n) is 4.38. The number of ketones is 1. The first kappa shape index (κ1) is 22.0. The molecular weight excluding hydrogens is 408 g/mol. The first-order chi connectivity index (χ1) is 15.1. The molecule has 1 saturated carbocycles. The van der Waals surface area contributed by atoms with Crippen LogP contribution in [0.1, 0.15) is 66.8 Å². The summed E-state index contributed by atoms with van der Waals surface area (Å²) in [5, 5.41) is 3.68. The lowest BCUT2D eigenvalue weighted by atomic mass is 9.89. The second kappa shape index (κ2) is 10.4. The van der Waals surface area contributed by atoms with E-state index in [1.165, 1.54) is 5.56 Å². The van der Waals surface area contributed by atoms with E-state index in [-0.39, 0.29) is 17.6 Å². The number of likely N-dealkylation sites (tertiary alicyclic amines) is 1. The van der Waals surface area contributed by atoms with Gasteiger partial charge in [-0.3, -0.25) is 9.59 Å². The molecule has 2 aromatic carbocycles. The molecule has 2 aliphatic rings. The van der Waals surface area contributed by atoms with Crippen molar-refractivity contribution in [3.8, 4) is 0 Å². The molecule has 1 aliphatic carbocycles. The highest BCUT2D eigenvalue weighted by Crippen LogP contribution is 2.32. The number of Topliss-reactive ketones (excluding diaryl/α,β-unsaturated/α-hetero) is 1. The van der Waals surface area contributed by atoms with Gasteiger partial charge >= 0.3 is 0 Å². The molecule has 0 radical (unpaired) electrons. The Morgan fingerprint density at radius 2 is 1.74 bits per heavy atom. The number of halogens is 1. The second-order valence-corrected chi connectivity index (χ2v) is 9.33. The third kappa shape index (κ3) is 6.41. The molecule has 2 fully saturated rings. The van der Waals surface area contributed by atoms with Crippen molar-refractivity contribution in [1.82, 2.24) is 4.90 Å². The zero-order valence-electron chi connectivity index (χ0n) is 18.0. The highest BCUT2D eigenvalue weighted by Gasteiger charge is 2.29. The molecule has 1 amide bonds. The van der Waals surface area contributed by atoms with Gasteiger partial charge in [0, 0.05) is 28.6 Å².